The molecule has 0 saturated heterocycles. The molecule has 1 aromatic rings. The van der Waals surface area contributed by atoms with E-state index in [1.165, 1.54) is 6.20 Å². The van der Waals surface area contributed by atoms with Crippen molar-refractivity contribution < 1.29 is 14.3 Å². The Hall–Kier alpha value is -1.73. The van der Waals surface area contributed by atoms with Gasteiger partial charge in [-0.15, -0.1) is 0 Å². The van der Waals surface area contributed by atoms with Gasteiger partial charge in [0.05, 0.1) is 25.6 Å². The third-order valence-electron chi connectivity index (χ3n) is 2.83. The minimum atomic E-state index is -0.170. The van der Waals surface area contributed by atoms with Gasteiger partial charge in [-0.25, -0.2) is 4.98 Å². The van der Waals surface area contributed by atoms with Crippen LogP contribution < -0.4 is 5.32 Å². The number of anilines is 1. The smallest absolute Gasteiger partial charge is 0.274 e. The van der Waals surface area contributed by atoms with Crippen LogP contribution in [-0.4, -0.2) is 67.8 Å². The molecule has 1 amide bonds. The first-order chi connectivity index (χ1) is 10.2. The Labute approximate surface area is 125 Å². The number of methoxy groups -OCH3 is 2. The Morgan fingerprint density at radius 1 is 1.24 bits per heavy atom. The zero-order valence-electron chi connectivity index (χ0n) is 13.0. The zero-order valence-corrected chi connectivity index (χ0v) is 13.0. The van der Waals surface area contributed by atoms with Crippen LogP contribution >= 0.6 is 0 Å². The molecule has 0 aliphatic rings. The predicted molar refractivity (Wildman–Crippen MR) is 80.5 cm³/mol. The van der Waals surface area contributed by atoms with Crippen LogP contribution in [0.5, 0.6) is 0 Å². The molecule has 0 aliphatic carbocycles. The average molecular weight is 296 g/mol. The number of carbonyl (C=O) groups is 1. The van der Waals surface area contributed by atoms with Gasteiger partial charge < -0.3 is 19.7 Å². The average Bonchev–Trinajstić information content (AvgIpc) is 2.53. The van der Waals surface area contributed by atoms with E-state index in [2.05, 4.69) is 22.2 Å². The van der Waals surface area contributed by atoms with E-state index in [0.717, 1.165) is 13.0 Å². The number of rotatable bonds is 10. The fraction of sp³-hybridized carbons (Fsp3) is 0.643. The highest BCUT2D eigenvalue weighted by Crippen LogP contribution is 2.06. The second-order valence-electron chi connectivity index (χ2n) is 4.49. The van der Waals surface area contributed by atoms with E-state index in [1.54, 1.807) is 25.3 Å². The summed E-state index contributed by atoms with van der Waals surface area (Å²) in [7, 11) is 3.21. The molecule has 0 aliphatic heterocycles. The molecule has 1 aromatic heterocycles. The highest BCUT2D eigenvalue weighted by atomic mass is 16.5. The van der Waals surface area contributed by atoms with Crippen molar-refractivity contribution >= 4 is 11.7 Å². The molecule has 0 unspecified atom stereocenters. The maximum atomic E-state index is 12.5. The molecule has 118 valence electrons. The van der Waals surface area contributed by atoms with E-state index < -0.39 is 0 Å². The fourth-order valence-corrected chi connectivity index (χ4v) is 1.69. The van der Waals surface area contributed by atoms with Crippen molar-refractivity contribution in [3.05, 3.63) is 18.1 Å². The van der Waals surface area contributed by atoms with E-state index in [1.807, 2.05) is 0 Å². The van der Waals surface area contributed by atoms with Crippen LogP contribution in [0.15, 0.2) is 12.4 Å². The van der Waals surface area contributed by atoms with Gasteiger partial charge in [0.15, 0.2) is 0 Å². The van der Waals surface area contributed by atoms with E-state index >= 15 is 0 Å². The van der Waals surface area contributed by atoms with Gasteiger partial charge in [0.25, 0.3) is 5.91 Å². The van der Waals surface area contributed by atoms with E-state index in [0.29, 0.717) is 37.8 Å². The first-order valence-electron chi connectivity index (χ1n) is 7.06. The molecule has 7 nitrogen and oxygen atoms in total. The molecule has 1 heterocycles. The second-order valence-corrected chi connectivity index (χ2v) is 4.49. The lowest BCUT2D eigenvalue weighted by Gasteiger charge is -2.21. The Morgan fingerprint density at radius 2 is 1.90 bits per heavy atom. The van der Waals surface area contributed by atoms with Crippen LogP contribution in [0.2, 0.25) is 0 Å². The SMILES string of the molecule is CCCNc1cncc(C(=O)N(CCOC)CCOC)n1. The topological polar surface area (TPSA) is 76.6 Å². The first kappa shape index (κ1) is 17.3. The molecule has 7 heteroatoms. The van der Waals surface area contributed by atoms with Gasteiger partial charge in [0.2, 0.25) is 0 Å². The lowest BCUT2D eigenvalue weighted by molar-refractivity contribution is 0.0621. The van der Waals surface area contributed by atoms with E-state index in [9.17, 15) is 4.79 Å². The summed E-state index contributed by atoms with van der Waals surface area (Å²) in [5.74, 6) is 0.442. The largest absolute Gasteiger partial charge is 0.383 e. The minimum Gasteiger partial charge on any atom is -0.383 e. The van der Waals surface area contributed by atoms with Gasteiger partial charge in [0.1, 0.15) is 11.5 Å². The lowest BCUT2D eigenvalue weighted by Crippen LogP contribution is -2.37. The quantitative estimate of drug-likeness (QED) is 0.695. The Kier molecular flexibility index (Phi) is 8.30. The summed E-state index contributed by atoms with van der Waals surface area (Å²) in [5.41, 5.74) is 0.323. The van der Waals surface area contributed by atoms with Crippen LogP contribution in [0.3, 0.4) is 0 Å². The highest BCUT2D eigenvalue weighted by Gasteiger charge is 2.17. The second kappa shape index (κ2) is 10.1. The molecule has 0 saturated carbocycles. The van der Waals surface area contributed by atoms with Crippen molar-refractivity contribution in [1.82, 2.24) is 14.9 Å². The van der Waals surface area contributed by atoms with Gasteiger partial charge in [-0.05, 0) is 6.42 Å². The summed E-state index contributed by atoms with van der Waals surface area (Å²) in [5, 5.41) is 3.12. The Bertz CT molecular complexity index is 420. The molecule has 0 spiro atoms. The minimum absolute atomic E-state index is 0.170. The van der Waals surface area contributed by atoms with Crippen LogP contribution in [0.4, 0.5) is 5.82 Å². The first-order valence-corrected chi connectivity index (χ1v) is 7.06. The van der Waals surface area contributed by atoms with E-state index in [-0.39, 0.29) is 5.91 Å². The molecule has 0 fully saturated rings. The molecular formula is C14H24N4O3. The van der Waals surface area contributed by atoms with Crippen molar-refractivity contribution in [1.29, 1.82) is 0 Å². The molecule has 0 atom stereocenters. The molecule has 0 radical (unpaired) electrons. The van der Waals surface area contributed by atoms with Crippen molar-refractivity contribution in [2.24, 2.45) is 0 Å². The molecule has 21 heavy (non-hydrogen) atoms. The normalized spacial score (nSPS) is 10.4. The van der Waals surface area contributed by atoms with Crippen LogP contribution in [0.25, 0.3) is 0 Å². The molecule has 1 N–H and O–H groups in total. The Balaban J connectivity index is 2.76. The van der Waals surface area contributed by atoms with Gasteiger partial charge in [0, 0.05) is 33.9 Å². The number of nitrogens with zero attached hydrogens (tertiary/aromatic N) is 3. The summed E-state index contributed by atoms with van der Waals surface area (Å²) in [4.78, 5) is 22.5. The predicted octanol–water partition coefficient (Wildman–Crippen LogP) is 1.03. The molecular weight excluding hydrogens is 272 g/mol. The standard InChI is InChI=1S/C14H24N4O3/c1-4-5-16-13-11-15-10-12(17-13)14(19)18(6-8-20-2)7-9-21-3/h10-11H,4-9H2,1-3H3,(H,16,17). The van der Waals surface area contributed by atoms with Crippen LogP contribution in [0.1, 0.15) is 23.8 Å². The summed E-state index contributed by atoms with van der Waals surface area (Å²) >= 11 is 0. The van der Waals surface area contributed by atoms with Gasteiger partial charge in [-0.3, -0.25) is 9.78 Å². The summed E-state index contributed by atoms with van der Waals surface area (Å²) in [6.07, 6.45) is 4.07. The van der Waals surface area contributed by atoms with Crippen molar-refractivity contribution in [2.75, 3.05) is 52.4 Å². The highest BCUT2D eigenvalue weighted by molar-refractivity contribution is 5.92. The summed E-state index contributed by atoms with van der Waals surface area (Å²) in [6, 6.07) is 0. The monoisotopic (exact) mass is 296 g/mol. The van der Waals surface area contributed by atoms with Gasteiger partial charge in [-0.2, -0.15) is 0 Å². The Morgan fingerprint density at radius 3 is 2.48 bits per heavy atom. The molecule has 1 rings (SSSR count). The zero-order chi connectivity index (χ0) is 15.5. The number of aromatic nitrogens is 2. The van der Waals surface area contributed by atoms with Crippen molar-refractivity contribution in [3.63, 3.8) is 0 Å². The molecule has 0 aromatic carbocycles. The number of carbonyl (C=O) groups excluding carboxylic acids is 1. The number of hydrogen-bond donors (Lipinski definition) is 1. The third kappa shape index (κ3) is 6.05. The van der Waals surface area contributed by atoms with Gasteiger partial charge >= 0.3 is 0 Å². The van der Waals surface area contributed by atoms with Crippen molar-refractivity contribution in [2.45, 2.75) is 13.3 Å². The molecule has 0 bridgehead atoms. The summed E-state index contributed by atoms with van der Waals surface area (Å²) in [6.45, 7) is 4.78. The number of hydrogen-bond acceptors (Lipinski definition) is 6. The van der Waals surface area contributed by atoms with Crippen LogP contribution in [-0.2, 0) is 9.47 Å². The number of nitrogens with one attached hydrogen (secondary N) is 1. The van der Waals surface area contributed by atoms with Gasteiger partial charge in [-0.1, -0.05) is 6.92 Å². The van der Waals surface area contributed by atoms with Crippen LogP contribution in [0, 0.1) is 0 Å². The fourth-order valence-electron chi connectivity index (χ4n) is 1.69. The number of amides is 1. The summed E-state index contributed by atoms with van der Waals surface area (Å²) < 4.78 is 10.1. The maximum Gasteiger partial charge on any atom is 0.274 e. The van der Waals surface area contributed by atoms with Crippen molar-refractivity contribution in [3.8, 4) is 0 Å². The number of ether oxygens (including phenoxy) is 2. The van der Waals surface area contributed by atoms with E-state index in [4.69, 9.17) is 9.47 Å². The third-order valence-corrected chi connectivity index (χ3v) is 2.83. The maximum absolute atomic E-state index is 12.5. The lowest BCUT2D eigenvalue weighted by atomic mass is 10.3.